The second-order valence-electron chi connectivity index (χ2n) is 8.20. The van der Waals surface area contributed by atoms with Gasteiger partial charge in [-0.3, -0.25) is 0 Å². The largest absolute Gasteiger partial charge is 0.368 e. The highest BCUT2D eigenvalue weighted by molar-refractivity contribution is 5.52. The molecule has 4 N–H and O–H groups in total. The van der Waals surface area contributed by atoms with Gasteiger partial charge in [0.25, 0.3) is 0 Å². The highest BCUT2D eigenvalue weighted by atomic mass is 15.1. The van der Waals surface area contributed by atoms with Gasteiger partial charge >= 0.3 is 0 Å². The zero-order valence-electron chi connectivity index (χ0n) is 18.1. The van der Waals surface area contributed by atoms with Crippen molar-refractivity contribution in [2.75, 3.05) is 34.6 Å². The van der Waals surface area contributed by atoms with E-state index >= 15 is 0 Å². The molecule has 4 aromatic carbocycles. The lowest BCUT2D eigenvalue weighted by Gasteiger charge is -2.12. The van der Waals surface area contributed by atoms with Gasteiger partial charge < -0.3 is 21.3 Å². The molecule has 0 saturated carbocycles. The van der Waals surface area contributed by atoms with E-state index in [9.17, 15) is 0 Å². The molecular weight excluding hydrogens is 392 g/mol. The molecule has 32 heavy (non-hydrogen) atoms. The molecule has 0 aliphatic carbocycles. The van der Waals surface area contributed by atoms with Gasteiger partial charge in [-0.05, 0) is 83.6 Å². The molecule has 0 unspecified atom stereocenters. The van der Waals surface area contributed by atoms with Crippen molar-refractivity contribution in [3.63, 3.8) is 0 Å². The Kier molecular flexibility index (Phi) is 5.93. The van der Waals surface area contributed by atoms with E-state index in [4.69, 9.17) is 0 Å². The molecule has 0 spiro atoms. The summed E-state index contributed by atoms with van der Waals surface area (Å²) in [5, 5.41) is 13.8. The highest BCUT2D eigenvalue weighted by Crippen LogP contribution is 2.18. The van der Waals surface area contributed by atoms with Crippen LogP contribution in [0.4, 0.5) is 22.7 Å². The maximum Gasteiger partial charge on any atom is 0.0849 e. The molecule has 4 heteroatoms. The monoisotopic (exact) mass is 420 g/mol. The Morgan fingerprint density at radius 3 is 0.750 bits per heavy atom. The van der Waals surface area contributed by atoms with Crippen LogP contribution in [0.3, 0.4) is 0 Å². The van der Waals surface area contributed by atoms with E-state index in [2.05, 4.69) is 118 Å². The van der Waals surface area contributed by atoms with Crippen LogP contribution in [0.5, 0.6) is 0 Å². The maximum atomic E-state index is 3.44. The average molecular weight is 421 g/mol. The molecule has 0 fully saturated rings. The highest BCUT2D eigenvalue weighted by Gasteiger charge is 2.01. The van der Waals surface area contributed by atoms with E-state index in [1.165, 1.54) is 22.3 Å². The topological polar surface area (TPSA) is 48.1 Å². The zero-order chi connectivity index (χ0) is 21.6. The van der Waals surface area contributed by atoms with Gasteiger partial charge in [0.2, 0.25) is 0 Å². The first-order valence-electron chi connectivity index (χ1n) is 11.1. The normalized spacial score (nSPS) is 13.5. The molecular formula is C28H28N4. The van der Waals surface area contributed by atoms with Crippen LogP contribution < -0.4 is 21.3 Å². The van der Waals surface area contributed by atoms with Crippen molar-refractivity contribution in [3.8, 4) is 0 Å². The van der Waals surface area contributed by atoms with E-state index in [0.29, 0.717) is 13.3 Å². The minimum atomic E-state index is 0.682. The Hall–Kier alpha value is -3.92. The summed E-state index contributed by atoms with van der Waals surface area (Å²) < 4.78 is 0. The minimum absolute atomic E-state index is 0.682. The average Bonchev–Trinajstić information content (AvgIpc) is 2.83. The second kappa shape index (κ2) is 9.48. The third kappa shape index (κ3) is 5.22. The zero-order valence-corrected chi connectivity index (χ0v) is 18.1. The molecule has 8 bridgehead atoms. The van der Waals surface area contributed by atoms with Crippen LogP contribution in [0.1, 0.15) is 22.3 Å². The van der Waals surface area contributed by atoms with Crippen molar-refractivity contribution in [2.24, 2.45) is 0 Å². The van der Waals surface area contributed by atoms with Gasteiger partial charge in [-0.15, -0.1) is 0 Å². The van der Waals surface area contributed by atoms with Gasteiger partial charge in [-0.1, -0.05) is 48.5 Å². The second-order valence-corrected chi connectivity index (χ2v) is 8.20. The number of nitrogens with one attached hydrogen (secondary N) is 4. The predicted octanol–water partition coefficient (Wildman–Crippen LogP) is 6.14. The Balaban J connectivity index is 1.34. The van der Waals surface area contributed by atoms with Gasteiger partial charge in [-0.2, -0.15) is 0 Å². The number of anilines is 4. The lowest BCUT2D eigenvalue weighted by molar-refractivity contribution is 1.16. The Bertz CT molecular complexity index is 946. The smallest absolute Gasteiger partial charge is 0.0849 e. The Morgan fingerprint density at radius 2 is 0.531 bits per heavy atom. The summed E-state index contributed by atoms with van der Waals surface area (Å²) in [5.74, 6) is 0. The van der Waals surface area contributed by atoms with E-state index < -0.39 is 0 Å². The van der Waals surface area contributed by atoms with Crippen LogP contribution in [-0.4, -0.2) is 13.3 Å². The van der Waals surface area contributed by atoms with Crippen molar-refractivity contribution in [3.05, 3.63) is 119 Å². The van der Waals surface area contributed by atoms with Gasteiger partial charge in [0.15, 0.2) is 0 Å². The third-order valence-corrected chi connectivity index (χ3v) is 5.80. The molecule has 14 rings (SSSR count). The molecule has 10 aliphatic heterocycles. The summed E-state index contributed by atoms with van der Waals surface area (Å²) >= 11 is 0. The molecule has 10 heterocycles. The molecule has 0 amide bonds. The fraction of sp³-hybridized carbons (Fsp3) is 0.143. The number of hydrogen-bond donors (Lipinski definition) is 4. The summed E-state index contributed by atoms with van der Waals surface area (Å²) in [7, 11) is 0. The van der Waals surface area contributed by atoms with Crippen molar-refractivity contribution < 1.29 is 0 Å². The van der Waals surface area contributed by atoms with E-state index in [1.54, 1.807) is 0 Å². The van der Waals surface area contributed by atoms with E-state index in [1.807, 2.05) is 0 Å². The maximum absolute atomic E-state index is 3.44. The van der Waals surface area contributed by atoms with Gasteiger partial charge in [0.05, 0.1) is 13.3 Å². The summed E-state index contributed by atoms with van der Waals surface area (Å²) in [6.07, 6.45) is 1.85. The molecule has 10 aliphatic rings. The minimum Gasteiger partial charge on any atom is -0.368 e. The van der Waals surface area contributed by atoms with Crippen LogP contribution in [0.25, 0.3) is 0 Å². The first-order valence-corrected chi connectivity index (χ1v) is 11.1. The number of benzene rings is 4. The Labute approximate surface area is 189 Å². The molecule has 0 saturated heterocycles. The summed E-state index contributed by atoms with van der Waals surface area (Å²) in [4.78, 5) is 0. The van der Waals surface area contributed by atoms with Crippen molar-refractivity contribution in [1.29, 1.82) is 0 Å². The van der Waals surface area contributed by atoms with E-state index in [-0.39, 0.29) is 0 Å². The first-order chi connectivity index (χ1) is 15.8. The summed E-state index contributed by atoms with van der Waals surface area (Å²) in [6.45, 7) is 1.36. The standard InChI is InChI=1S/C28H28N4/c1-9-25-10-2-21(1)17-22-3-11-26(12-4-22)31-20-32-28-15-7-24(8-16-28)18-23-5-13-27(14-6-23)30-19-29-25/h1-16,29-32H,17-20H2. The fourth-order valence-electron chi connectivity index (χ4n) is 3.93. The molecule has 0 aromatic heterocycles. The number of rotatable bonds is 0. The molecule has 4 nitrogen and oxygen atoms in total. The molecule has 4 aromatic rings. The van der Waals surface area contributed by atoms with Crippen LogP contribution in [-0.2, 0) is 12.8 Å². The molecule has 0 atom stereocenters. The van der Waals surface area contributed by atoms with Crippen LogP contribution >= 0.6 is 0 Å². The van der Waals surface area contributed by atoms with Crippen molar-refractivity contribution in [2.45, 2.75) is 12.8 Å². The van der Waals surface area contributed by atoms with Gasteiger partial charge in [0.1, 0.15) is 0 Å². The fourth-order valence-corrected chi connectivity index (χ4v) is 3.93. The predicted molar refractivity (Wildman–Crippen MR) is 136 cm³/mol. The summed E-state index contributed by atoms with van der Waals surface area (Å²) in [6, 6.07) is 34.7. The van der Waals surface area contributed by atoms with Crippen molar-refractivity contribution >= 4 is 22.7 Å². The molecule has 160 valence electrons. The summed E-state index contributed by atoms with van der Waals surface area (Å²) in [5.41, 5.74) is 9.67. The first kappa shape index (κ1) is 20.0. The third-order valence-electron chi connectivity index (χ3n) is 5.80. The number of hydrogen-bond acceptors (Lipinski definition) is 4. The van der Waals surface area contributed by atoms with Gasteiger partial charge in [-0.25, -0.2) is 0 Å². The lowest BCUT2D eigenvalue weighted by Crippen LogP contribution is -2.12. The Morgan fingerprint density at radius 1 is 0.312 bits per heavy atom. The van der Waals surface area contributed by atoms with Crippen LogP contribution in [0.15, 0.2) is 97.1 Å². The quantitative estimate of drug-likeness (QED) is 0.276. The lowest BCUT2D eigenvalue weighted by atomic mass is 10.0. The van der Waals surface area contributed by atoms with Crippen LogP contribution in [0, 0.1) is 0 Å². The SMILES string of the molecule is c1cc2ccc1Cc1ccc(cc1)NCNc1ccc(cc1)Cc1ccc(cc1)NCN2. The van der Waals surface area contributed by atoms with Crippen LogP contribution in [0.2, 0.25) is 0 Å². The van der Waals surface area contributed by atoms with Gasteiger partial charge in [0, 0.05) is 22.7 Å². The van der Waals surface area contributed by atoms with E-state index in [0.717, 1.165) is 35.6 Å². The molecule has 0 radical (unpaired) electrons. The van der Waals surface area contributed by atoms with Crippen molar-refractivity contribution in [1.82, 2.24) is 0 Å².